The normalized spacial score (nSPS) is 11.5. The van der Waals surface area contributed by atoms with Crippen molar-refractivity contribution in [1.29, 1.82) is 0 Å². The predicted octanol–water partition coefficient (Wildman–Crippen LogP) is 4.20. The van der Waals surface area contributed by atoms with Gasteiger partial charge in [0.05, 0.1) is 17.5 Å². The van der Waals surface area contributed by atoms with Crippen LogP contribution in [0.4, 0.5) is 5.82 Å². The number of unbranched alkanes of at least 4 members (excludes halogenated alkanes) is 2. The van der Waals surface area contributed by atoms with Gasteiger partial charge in [-0.25, -0.2) is 19.9 Å². The van der Waals surface area contributed by atoms with E-state index >= 15 is 0 Å². The van der Waals surface area contributed by atoms with Gasteiger partial charge in [0.25, 0.3) is 0 Å². The summed E-state index contributed by atoms with van der Waals surface area (Å²) in [4.78, 5) is 17.5. The summed E-state index contributed by atoms with van der Waals surface area (Å²) in [6.07, 6.45) is 8.89. The average molecular weight is 371 g/mol. The monoisotopic (exact) mass is 370 g/mol. The zero-order valence-electron chi connectivity index (χ0n) is 15.6. The lowest BCUT2D eigenvalue weighted by Crippen LogP contribution is -2.05. The van der Waals surface area contributed by atoms with Crippen molar-refractivity contribution in [2.75, 3.05) is 11.5 Å². The molecule has 3 aromatic rings. The number of pyridine rings is 1. The highest BCUT2D eigenvalue weighted by Crippen LogP contribution is 2.28. The van der Waals surface area contributed by atoms with E-state index in [2.05, 4.69) is 45.3 Å². The van der Waals surface area contributed by atoms with Crippen molar-refractivity contribution >= 4 is 28.6 Å². The van der Waals surface area contributed by atoms with Crippen LogP contribution in [0.15, 0.2) is 29.9 Å². The molecule has 138 valence electrons. The minimum absolute atomic E-state index is 0.349. The quantitative estimate of drug-likeness (QED) is 0.363. The molecule has 2 N–H and O–H groups in total. The van der Waals surface area contributed by atoms with Crippen LogP contribution in [0.5, 0.6) is 0 Å². The molecular weight excluding hydrogens is 344 g/mol. The highest BCUT2D eigenvalue weighted by Gasteiger charge is 2.16. The number of hydrogen-bond acceptors (Lipinski definition) is 6. The molecule has 0 amide bonds. The van der Waals surface area contributed by atoms with Gasteiger partial charge in [0.2, 0.25) is 0 Å². The third-order valence-corrected chi connectivity index (χ3v) is 5.39. The fourth-order valence-electron chi connectivity index (χ4n) is 3.17. The number of anilines is 1. The third kappa shape index (κ3) is 4.15. The first-order valence-corrected chi connectivity index (χ1v) is 10.1. The van der Waals surface area contributed by atoms with Crippen molar-refractivity contribution in [2.45, 2.75) is 57.7 Å². The molecule has 0 saturated heterocycles. The summed E-state index contributed by atoms with van der Waals surface area (Å²) in [6, 6.07) is 1.84. The first-order chi connectivity index (χ1) is 12.6. The van der Waals surface area contributed by atoms with Crippen molar-refractivity contribution < 1.29 is 0 Å². The summed E-state index contributed by atoms with van der Waals surface area (Å²) >= 11 is 1.71. The molecule has 0 aliphatic rings. The summed E-state index contributed by atoms with van der Waals surface area (Å²) in [5.41, 5.74) is 10.3. The van der Waals surface area contributed by atoms with E-state index in [1.807, 2.05) is 12.4 Å². The zero-order chi connectivity index (χ0) is 18.5. The lowest BCUT2D eigenvalue weighted by atomic mass is 10.0. The summed E-state index contributed by atoms with van der Waals surface area (Å²) in [7, 11) is 0. The van der Waals surface area contributed by atoms with Crippen LogP contribution < -0.4 is 5.73 Å². The number of nitrogens with two attached hydrogens (primary N) is 1. The van der Waals surface area contributed by atoms with Gasteiger partial charge < -0.3 is 10.3 Å². The maximum Gasteiger partial charge on any atom is 0.187 e. The molecule has 6 nitrogen and oxygen atoms in total. The number of thioether (sulfide) groups is 1. The Hall–Kier alpha value is -2.15. The highest BCUT2D eigenvalue weighted by atomic mass is 32.2. The summed E-state index contributed by atoms with van der Waals surface area (Å²) in [5.74, 6) is 1.93. The Bertz CT molecular complexity index is 859. The molecule has 0 fully saturated rings. The van der Waals surface area contributed by atoms with E-state index in [0.717, 1.165) is 53.4 Å². The Morgan fingerprint density at radius 3 is 2.62 bits per heavy atom. The third-order valence-electron chi connectivity index (χ3n) is 4.42. The van der Waals surface area contributed by atoms with Gasteiger partial charge in [0, 0.05) is 24.7 Å². The van der Waals surface area contributed by atoms with Gasteiger partial charge in [-0.2, -0.15) is 0 Å². The van der Waals surface area contributed by atoms with Gasteiger partial charge >= 0.3 is 0 Å². The topological polar surface area (TPSA) is 82.5 Å². The Labute approximate surface area is 158 Å². The Balaban J connectivity index is 1.57. The summed E-state index contributed by atoms with van der Waals surface area (Å²) < 4.78 is 2.22. The van der Waals surface area contributed by atoms with Crippen LogP contribution in [0.25, 0.3) is 11.0 Å². The van der Waals surface area contributed by atoms with E-state index in [-0.39, 0.29) is 0 Å². The number of rotatable bonds is 8. The lowest BCUT2D eigenvalue weighted by Gasteiger charge is -2.13. The zero-order valence-corrected chi connectivity index (χ0v) is 16.5. The predicted molar refractivity (Wildman–Crippen MR) is 107 cm³/mol. The molecule has 0 atom stereocenters. The molecule has 0 unspecified atom stereocenters. The minimum atomic E-state index is 0.349. The largest absolute Gasteiger partial charge is 0.382 e. The molecule has 0 spiro atoms. The number of imidazole rings is 1. The van der Waals surface area contributed by atoms with Crippen LogP contribution in [-0.4, -0.2) is 30.3 Å². The molecule has 3 heterocycles. The maximum atomic E-state index is 6.13. The van der Waals surface area contributed by atoms with Gasteiger partial charge in [0.1, 0.15) is 5.52 Å². The van der Waals surface area contributed by atoms with E-state index in [4.69, 9.17) is 5.73 Å². The van der Waals surface area contributed by atoms with Crippen LogP contribution in [0.1, 0.15) is 50.3 Å². The fraction of sp³-hybridized carbons (Fsp3) is 0.474. The first-order valence-electron chi connectivity index (χ1n) is 9.08. The standard InChI is InChI=1S/C19H26N6S/c1-13(2)15-14(3)17-16(18(20)24-15)23-12-25(17)10-5-4-6-11-26-19-21-8-7-9-22-19/h7-9,12-13H,4-6,10-11H2,1-3H3,(H2,20,24). The second kappa shape index (κ2) is 8.49. The van der Waals surface area contributed by atoms with E-state index in [0.29, 0.717) is 11.7 Å². The Kier molecular flexibility index (Phi) is 6.08. The molecule has 0 aromatic carbocycles. The molecule has 0 aliphatic carbocycles. The maximum absolute atomic E-state index is 6.13. The molecule has 0 aliphatic heterocycles. The minimum Gasteiger partial charge on any atom is -0.382 e. The lowest BCUT2D eigenvalue weighted by molar-refractivity contribution is 0.614. The molecule has 3 rings (SSSR count). The van der Waals surface area contributed by atoms with E-state index in [1.54, 1.807) is 24.2 Å². The van der Waals surface area contributed by atoms with E-state index in [9.17, 15) is 0 Å². The molecule has 0 saturated carbocycles. The summed E-state index contributed by atoms with van der Waals surface area (Å²) in [6.45, 7) is 7.37. The van der Waals surface area contributed by atoms with Crippen molar-refractivity contribution in [3.63, 3.8) is 0 Å². The Morgan fingerprint density at radius 1 is 1.12 bits per heavy atom. The first kappa shape index (κ1) is 18.6. The van der Waals surface area contributed by atoms with E-state index in [1.165, 1.54) is 5.56 Å². The van der Waals surface area contributed by atoms with Gasteiger partial charge in [-0.3, -0.25) is 0 Å². The number of aromatic nitrogens is 5. The van der Waals surface area contributed by atoms with Crippen LogP contribution in [-0.2, 0) is 6.54 Å². The molecule has 26 heavy (non-hydrogen) atoms. The van der Waals surface area contributed by atoms with Crippen LogP contribution in [0, 0.1) is 6.92 Å². The number of hydrogen-bond donors (Lipinski definition) is 1. The van der Waals surface area contributed by atoms with Crippen molar-refractivity contribution in [3.05, 3.63) is 36.0 Å². The highest BCUT2D eigenvalue weighted by molar-refractivity contribution is 7.99. The van der Waals surface area contributed by atoms with Gasteiger partial charge in [0.15, 0.2) is 11.0 Å². The number of fused-ring (bicyclic) bond motifs is 1. The fourth-order valence-corrected chi connectivity index (χ4v) is 3.97. The average Bonchev–Trinajstić information content (AvgIpc) is 3.06. The number of nitrogens with zero attached hydrogens (tertiary/aromatic N) is 5. The van der Waals surface area contributed by atoms with E-state index < -0.39 is 0 Å². The van der Waals surface area contributed by atoms with Crippen molar-refractivity contribution in [1.82, 2.24) is 24.5 Å². The van der Waals surface area contributed by atoms with Crippen LogP contribution >= 0.6 is 11.8 Å². The van der Waals surface area contributed by atoms with Gasteiger partial charge in [-0.1, -0.05) is 32.0 Å². The molecule has 0 bridgehead atoms. The Morgan fingerprint density at radius 2 is 1.88 bits per heavy atom. The van der Waals surface area contributed by atoms with Crippen LogP contribution in [0.2, 0.25) is 0 Å². The van der Waals surface area contributed by atoms with Crippen molar-refractivity contribution in [2.24, 2.45) is 0 Å². The molecule has 0 radical (unpaired) electrons. The van der Waals surface area contributed by atoms with Crippen molar-refractivity contribution in [3.8, 4) is 0 Å². The van der Waals surface area contributed by atoms with Gasteiger partial charge in [-0.15, -0.1) is 0 Å². The second-order valence-electron chi connectivity index (χ2n) is 6.74. The number of aryl methyl sites for hydroxylation is 2. The molecular formula is C19H26N6S. The number of nitrogen functional groups attached to an aromatic ring is 1. The summed E-state index contributed by atoms with van der Waals surface area (Å²) in [5, 5.41) is 0.855. The second-order valence-corrected chi connectivity index (χ2v) is 7.80. The van der Waals surface area contributed by atoms with Gasteiger partial charge in [-0.05, 0) is 37.3 Å². The molecule has 3 aromatic heterocycles. The molecule has 7 heteroatoms. The smallest absolute Gasteiger partial charge is 0.187 e. The SMILES string of the molecule is Cc1c(C(C)C)nc(N)c2ncn(CCCCCSc3ncccn3)c12. The van der Waals surface area contributed by atoms with Crippen LogP contribution in [0.3, 0.4) is 0 Å².